The first-order valence-electron chi connectivity index (χ1n) is 3.35. The van der Waals surface area contributed by atoms with Gasteiger partial charge in [0.1, 0.15) is 22.3 Å². The zero-order chi connectivity index (χ0) is 8.72. The van der Waals surface area contributed by atoms with Gasteiger partial charge in [0, 0.05) is 0 Å². The van der Waals surface area contributed by atoms with Crippen LogP contribution in [0.1, 0.15) is 0 Å². The van der Waals surface area contributed by atoms with E-state index < -0.39 is 0 Å². The number of nitrogens with zero attached hydrogens (tertiary/aromatic N) is 3. The van der Waals surface area contributed by atoms with E-state index in [0.717, 1.165) is 14.8 Å². The summed E-state index contributed by atoms with van der Waals surface area (Å²) in [4.78, 5) is 4.19. The summed E-state index contributed by atoms with van der Waals surface area (Å²) >= 11 is 7.96. The predicted octanol–water partition coefficient (Wildman–Crippen LogP) is 0.246. The van der Waals surface area contributed by atoms with E-state index in [1.807, 2.05) is 7.85 Å². The Labute approximate surface area is 88.7 Å². The van der Waals surface area contributed by atoms with Gasteiger partial charge in [0.05, 0.1) is 6.20 Å². The van der Waals surface area contributed by atoms with Crippen LogP contribution in [0, 0.1) is 3.70 Å². The molecule has 0 atom stereocenters. The monoisotopic (exact) mass is 291 g/mol. The number of hydrogen-bond donors (Lipinski definition) is 0. The van der Waals surface area contributed by atoms with Crippen LogP contribution in [0.25, 0.3) is 5.65 Å². The fourth-order valence-electron chi connectivity index (χ4n) is 1.06. The summed E-state index contributed by atoms with van der Waals surface area (Å²) in [5.74, 6) is 0. The van der Waals surface area contributed by atoms with Crippen molar-refractivity contribution in [3.05, 3.63) is 21.1 Å². The Balaban J connectivity index is 2.92. The first kappa shape index (κ1) is 8.31. The summed E-state index contributed by atoms with van der Waals surface area (Å²) in [6.07, 6.45) is 1.77. The highest BCUT2D eigenvalue weighted by molar-refractivity contribution is 14.1. The van der Waals surface area contributed by atoms with Crippen LogP contribution in [0.2, 0.25) is 5.15 Å². The maximum Gasteiger partial charge on any atom is 0.149 e. The van der Waals surface area contributed by atoms with E-state index >= 15 is 0 Å². The van der Waals surface area contributed by atoms with E-state index in [1.165, 1.54) is 0 Å². The smallest absolute Gasteiger partial charge is 0.149 e. The number of halogens is 2. The van der Waals surface area contributed by atoms with Crippen LogP contribution in [0.3, 0.4) is 0 Å². The van der Waals surface area contributed by atoms with Crippen molar-refractivity contribution in [2.45, 2.75) is 0 Å². The lowest BCUT2D eigenvalue weighted by atomic mass is 9.99. The summed E-state index contributed by atoms with van der Waals surface area (Å²) in [6, 6.07) is 1.81. The topological polar surface area (TPSA) is 30.2 Å². The molecule has 6 heteroatoms. The lowest BCUT2D eigenvalue weighted by Crippen LogP contribution is -2.10. The Morgan fingerprint density at radius 3 is 3.08 bits per heavy atom. The molecule has 0 aliphatic heterocycles. The van der Waals surface area contributed by atoms with Crippen molar-refractivity contribution in [1.29, 1.82) is 0 Å². The second kappa shape index (κ2) is 2.88. The van der Waals surface area contributed by atoms with Crippen LogP contribution >= 0.6 is 34.2 Å². The first-order valence-corrected chi connectivity index (χ1v) is 4.80. The normalized spacial score (nSPS) is 10.8. The second-order valence-electron chi connectivity index (χ2n) is 2.47. The van der Waals surface area contributed by atoms with Gasteiger partial charge in [0.2, 0.25) is 0 Å². The third-order valence-corrected chi connectivity index (χ3v) is 2.50. The molecule has 0 radical (unpaired) electrons. The fraction of sp³-hybridized carbons (Fsp3) is 0. The van der Waals surface area contributed by atoms with Crippen molar-refractivity contribution in [1.82, 2.24) is 14.6 Å². The molecule has 0 fully saturated rings. The Kier molecular flexibility index (Phi) is 2.00. The quantitative estimate of drug-likeness (QED) is 0.514. The van der Waals surface area contributed by atoms with Gasteiger partial charge in [-0.1, -0.05) is 11.6 Å². The Hall–Kier alpha value is -0.295. The number of hydrogen-bond acceptors (Lipinski definition) is 2. The maximum absolute atomic E-state index is 5.79. The minimum absolute atomic E-state index is 0.496. The average molecular weight is 291 g/mol. The summed E-state index contributed by atoms with van der Waals surface area (Å²) in [5.41, 5.74) is 1.90. The largest absolute Gasteiger partial charge is 0.235 e. The number of rotatable bonds is 0. The van der Waals surface area contributed by atoms with Gasteiger partial charge in [0.15, 0.2) is 0 Å². The van der Waals surface area contributed by atoms with Crippen molar-refractivity contribution in [3.8, 4) is 0 Å². The van der Waals surface area contributed by atoms with Crippen LogP contribution < -0.4 is 5.46 Å². The average Bonchev–Trinajstić information content (AvgIpc) is 2.33. The van der Waals surface area contributed by atoms with Crippen molar-refractivity contribution < 1.29 is 0 Å². The van der Waals surface area contributed by atoms with Gasteiger partial charge in [-0.2, -0.15) is 5.10 Å². The highest BCUT2D eigenvalue weighted by Crippen LogP contribution is 2.08. The highest BCUT2D eigenvalue weighted by Gasteiger charge is 2.04. The van der Waals surface area contributed by atoms with E-state index in [1.54, 1.807) is 16.8 Å². The van der Waals surface area contributed by atoms with Crippen molar-refractivity contribution in [2.75, 3.05) is 0 Å². The molecular formula is C6H4BClIN3. The lowest BCUT2D eigenvalue weighted by molar-refractivity contribution is 0.918. The minimum Gasteiger partial charge on any atom is -0.235 e. The van der Waals surface area contributed by atoms with Crippen LogP contribution in [0.4, 0.5) is 0 Å². The Bertz CT molecular complexity index is 442. The SMILES string of the molecule is Bc1cc(Cl)nn2c(I)cnc12. The van der Waals surface area contributed by atoms with Crippen molar-refractivity contribution in [2.24, 2.45) is 0 Å². The van der Waals surface area contributed by atoms with Crippen LogP contribution in [0.5, 0.6) is 0 Å². The predicted molar refractivity (Wildman–Crippen MR) is 58.9 cm³/mol. The fourth-order valence-corrected chi connectivity index (χ4v) is 1.77. The van der Waals surface area contributed by atoms with Crippen molar-refractivity contribution >= 4 is 53.1 Å². The molecule has 0 amide bonds. The summed E-state index contributed by atoms with van der Waals surface area (Å²) in [6.45, 7) is 0. The van der Waals surface area contributed by atoms with E-state index in [2.05, 4.69) is 32.7 Å². The molecule has 2 rings (SSSR count). The maximum atomic E-state index is 5.79. The van der Waals surface area contributed by atoms with Gasteiger partial charge >= 0.3 is 0 Å². The van der Waals surface area contributed by atoms with Crippen molar-refractivity contribution in [3.63, 3.8) is 0 Å². The molecule has 0 saturated carbocycles. The number of imidazole rings is 1. The third-order valence-electron chi connectivity index (χ3n) is 1.58. The molecule has 60 valence electrons. The minimum atomic E-state index is 0.496. The summed E-state index contributed by atoms with van der Waals surface area (Å²) in [7, 11) is 1.96. The second-order valence-corrected chi connectivity index (χ2v) is 3.96. The molecule has 0 aromatic carbocycles. The van der Waals surface area contributed by atoms with E-state index in [9.17, 15) is 0 Å². The molecule has 12 heavy (non-hydrogen) atoms. The zero-order valence-electron chi connectivity index (χ0n) is 6.25. The molecule has 0 aliphatic rings. The summed E-state index contributed by atoms with van der Waals surface area (Å²) < 4.78 is 2.70. The van der Waals surface area contributed by atoms with Gasteiger partial charge in [0.25, 0.3) is 0 Å². The Morgan fingerprint density at radius 2 is 2.33 bits per heavy atom. The molecule has 2 aromatic heterocycles. The van der Waals surface area contributed by atoms with Crippen LogP contribution in [-0.4, -0.2) is 22.4 Å². The van der Waals surface area contributed by atoms with Gasteiger partial charge < -0.3 is 0 Å². The molecule has 0 bridgehead atoms. The number of fused-ring (bicyclic) bond motifs is 1. The molecule has 3 nitrogen and oxygen atoms in total. The van der Waals surface area contributed by atoms with E-state index in [-0.39, 0.29) is 0 Å². The first-order chi connectivity index (χ1) is 5.68. The van der Waals surface area contributed by atoms with Gasteiger partial charge in [-0.25, -0.2) is 9.50 Å². The molecule has 0 unspecified atom stereocenters. The summed E-state index contributed by atoms with van der Waals surface area (Å²) in [5, 5.41) is 4.60. The van der Waals surface area contributed by atoms with E-state index in [0.29, 0.717) is 5.15 Å². The van der Waals surface area contributed by atoms with Crippen LogP contribution in [0.15, 0.2) is 12.3 Å². The zero-order valence-corrected chi connectivity index (χ0v) is 9.17. The Morgan fingerprint density at radius 1 is 1.58 bits per heavy atom. The third kappa shape index (κ3) is 1.20. The molecule has 0 aliphatic carbocycles. The van der Waals surface area contributed by atoms with Crippen LogP contribution in [-0.2, 0) is 0 Å². The van der Waals surface area contributed by atoms with Gasteiger partial charge in [-0.15, -0.1) is 0 Å². The molecular weight excluding hydrogens is 287 g/mol. The molecule has 2 heterocycles. The standard InChI is InChI=1S/C6H4BClIN3/c7-3-1-4(8)11-12-5(9)2-10-6(3)12/h1-2H,7H2. The molecule has 0 spiro atoms. The van der Waals surface area contributed by atoms with E-state index in [4.69, 9.17) is 11.6 Å². The molecule has 0 saturated heterocycles. The number of aromatic nitrogens is 3. The molecule has 0 N–H and O–H groups in total. The lowest BCUT2D eigenvalue weighted by Gasteiger charge is -1.98. The van der Waals surface area contributed by atoms with Gasteiger partial charge in [-0.05, 0) is 34.1 Å². The molecule has 2 aromatic rings. The highest BCUT2D eigenvalue weighted by atomic mass is 127. The van der Waals surface area contributed by atoms with Gasteiger partial charge in [-0.3, -0.25) is 0 Å².